The summed E-state index contributed by atoms with van der Waals surface area (Å²) in [4.78, 5) is 11.7. The van der Waals surface area contributed by atoms with E-state index in [4.69, 9.17) is 0 Å². The van der Waals surface area contributed by atoms with Crippen LogP contribution in [0.25, 0.3) is 0 Å². The molecule has 17 heavy (non-hydrogen) atoms. The van der Waals surface area contributed by atoms with Crippen LogP contribution in [0, 0.1) is 6.92 Å². The van der Waals surface area contributed by atoms with Crippen molar-refractivity contribution in [3.63, 3.8) is 0 Å². The highest BCUT2D eigenvalue weighted by Crippen LogP contribution is 2.11. The average Bonchev–Trinajstić information content (AvgIpc) is 2.28. The maximum Gasteiger partial charge on any atom is 0.242 e. The van der Waals surface area contributed by atoms with Gasteiger partial charge in [-0.2, -0.15) is 0 Å². The van der Waals surface area contributed by atoms with Gasteiger partial charge in [-0.25, -0.2) is 8.42 Å². The third-order valence-electron chi connectivity index (χ3n) is 2.60. The molecule has 1 atom stereocenters. The third-order valence-corrected chi connectivity index (χ3v) is 4.69. The van der Waals surface area contributed by atoms with Crippen molar-refractivity contribution in [1.29, 1.82) is 0 Å². The van der Waals surface area contributed by atoms with E-state index < -0.39 is 21.0 Å². The van der Waals surface area contributed by atoms with Gasteiger partial charge < -0.3 is 5.32 Å². The molecule has 1 amide bonds. The number of amides is 1. The molecule has 0 saturated heterocycles. The lowest BCUT2D eigenvalue weighted by molar-refractivity contribution is -0.115. The van der Waals surface area contributed by atoms with Gasteiger partial charge >= 0.3 is 0 Å². The molecule has 0 aromatic heterocycles. The van der Waals surface area contributed by atoms with E-state index in [2.05, 4.69) is 5.32 Å². The Bertz CT molecular complexity index is 508. The Hall–Kier alpha value is -1.36. The molecule has 0 spiro atoms. The molecule has 0 fully saturated rings. The molecule has 5 heteroatoms. The lowest BCUT2D eigenvalue weighted by atomic mass is 10.2. The number of carbonyl (C=O) groups excluding carboxylic acids is 1. The van der Waals surface area contributed by atoms with Crippen molar-refractivity contribution < 1.29 is 13.2 Å². The molecule has 1 N–H and O–H groups in total. The van der Waals surface area contributed by atoms with Crippen LogP contribution in [-0.4, -0.2) is 25.3 Å². The number of hydrogen-bond acceptors (Lipinski definition) is 3. The van der Waals surface area contributed by atoms with Crippen molar-refractivity contribution in [2.24, 2.45) is 0 Å². The number of aryl methyl sites for hydroxylation is 1. The fourth-order valence-corrected chi connectivity index (χ4v) is 2.26. The summed E-state index contributed by atoms with van der Waals surface area (Å²) in [6.45, 7) is 4.84. The van der Waals surface area contributed by atoms with Crippen molar-refractivity contribution in [1.82, 2.24) is 0 Å². The first kappa shape index (κ1) is 13.7. The third kappa shape index (κ3) is 3.56. The summed E-state index contributed by atoms with van der Waals surface area (Å²) >= 11 is 0. The van der Waals surface area contributed by atoms with Gasteiger partial charge in [-0.15, -0.1) is 0 Å². The molecule has 0 unspecified atom stereocenters. The minimum Gasteiger partial charge on any atom is -0.325 e. The summed E-state index contributed by atoms with van der Waals surface area (Å²) in [5.41, 5.74) is 1.63. The van der Waals surface area contributed by atoms with Crippen LogP contribution in [-0.2, 0) is 14.6 Å². The van der Waals surface area contributed by atoms with Crippen molar-refractivity contribution in [3.05, 3.63) is 29.8 Å². The van der Waals surface area contributed by atoms with Crippen LogP contribution in [0.4, 0.5) is 5.69 Å². The zero-order valence-electron chi connectivity index (χ0n) is 10.2. The van der Waals surface area contributed by atoms with E-state index in [1.165, 1.54) is 13.8 Å². The summed E-state index contributed by atoms with van der Waals surface area (Å²) < 4.78 is 23.1. The van der Waals surface area contributed by atoms with Gasteiger partial charge in [0.2, 0.25) is 5.91 Å². The molecule has 94 valence electrons. The molecule has 0 aliphatic carbocycles. The quantitative estimate of drug-likeness (QED) is 0.891. The molecule has 1 rings (SSSR count). The number of benzene rings is 1. The smallest absolute Gasteiger partial charge is 0.242 e. The standard InChI is InChI=1S/C12H17NO3S/c1-4-17(15,16)10(3)12(14)13-11-7-5-6-9(2)8-11/h5-8,10H,4H2,1-3H3,(H,13,14)/t10-/m1/s1. The largest absolute Gasteiger partial charge is 0.325 e. The number of anilines is 1. The van der Waals surface area contributed by atoms with Gasteiger partial charge in [0.05, 0.1) is 0 Å². The van der Waals surface area contributed by atoms with E-state index in [1.54, 1.807) is 12.1 Å². The average molecular weight is 255 g/mol. The first-order valence-corrected chi connectivity index (χ1v) is 7.17. The molecule has 0 bridgehead atoms. The van der Waals surface area contributed by atoms with Crippen LogP contribution in [0.3, 0.4) is 0 Å². The van der Waals surface area contributed by atoms with Crippen LogP contribution in [0.2, 0.25) is 0 Å². The Morgan fingerprint density at radius 3 is 2.59 bits per heavy atom. The van der Waals surface area contributed by atoms with Crippen molar-refractivity contribution in [2.45, 2.75) is 26.0 Å². The SMILES string of the molecule is CCS(=O)(=O)[C@H](C)C(=O)Nc1cccc(C)c1. The first-order valence-electron chi connectivity index (χ1n) is 5.46. The van der Waals surface area contributed by atoms with Gasteiger partial charge in [0.25, 0.3) is 0 Å². The van der Waals surface area contributed by atoms with Gasteiger partial charge in [-0.05, 0) is 31.5 Å². The van der Waals surface area contributed by atoms with E-state index in [1.807, 2.05) is 19.1 Å². The Morgan fingerprint density at radius 2 is 2.06 bits per heavy atom. The molecular formula is C12H17NO3S. The fourth-order valence-electron chi connectivity index (χ4n) is 1.38. The molecular weight excluding hydrogens is 238 g/mol. The molecule has 1 aromatic carbocycles. The van der Waals surface area contributed by atoms with E-state index in [0.717, 1.165) is 5.56 Å². The minimum absolute atomic E-state index is 0.0323. The maximum atomic E-state index is 11.7. The second-order valence-corrected chi connectivity index (χ2v) is 6.56. The van der Waals surface area contributed by atoms with Gasteiger partial charge in [0.15, 0.2) is 9.84 Å². The summed E-state index contributed by atoms with van der Waals surface area (Å²) in [5, 5.41) is 1.58. The first-order chi connectivity index (χ1) is 7.86. The molecule has 0 aliphatic heterocycles. The lowest BCUT2D eigenvalue weighted by Crippen LogP contribution is -2.33. The number of nitrogens with one attached hydrogen (secondary N) is 1. The highest BCUT2D eigenvalue weighted by Gasteiger charge is 2.26. The predicted octanol–water partition coefficient (Wildman–Crippen LogP) is 1.76. The lowest BCUT2D eigenvalue weighted by Gasteiger charge is -2.12. The second kappa shape index (κ2) is 5.31. The second-order valence-electron chi connectivity index (χ2n) is 3.95. The molecule has 0 aliphatic rings. The Labute approximate surface area is 102 Å². The number of sulfone groups is 1. The minimum atomic E-state index is -3.34. The van der Waals surface area contributed by atoms with Crippen LogP contribution in [0.1, 0.15) is 19.4 Å². The van der Waals surface area contributed by atoms with Crippen LogP contribution >= 0.6 is 0 Å². The van der Waals surface area contributed by atoms with Crippen molar-refractivity contribution in [3.8, 4) is 0 Å². The van der Waals surface area contributed by atoms with Gasteiger partial charge in [0.1, 0.15) is 5.25 Å². The number of rotatable bonds is 4. The van der Waals surface area contributed by atoms with Gasteiger partial charge in [-0.3, -0.25) is 4.79 Å². The van der Waals surface area contributed by atoms with E-state index in [-0.39, 0.29) is 5.75 Å². The van der Waals surface area contributed by atoms with Gasteiger partial charge in [-0.1, -0.05) is 19.1 Å². The highest BCUT2D eigenvalue weighted by molar-refractivity contribution is 7.92. The van der Waals surface area contributed by atoms with E-state index in [0.29, 0.717) is 5.69 Å². The van der Waals surface area contributed by atoms with Crippen LogP contribution in [0.15, 0.2) is 24.3 Å². The summed E-state index contributed by atoms with van der Waals surface area (Å²) in [5.74, 6) is -0.521. The number of hydrogen-bond donors (Lipinski definition) is 1. The number of carbonyl (C=O) groups is 1. The summed E-state index contributed by atoms with van der Waals surface area (Å²) in [7, 11) is -3.34. The summed E-state index contributed by atoms with van der Waals surface area (Å²) in [6, 6.07) is 7.24. The fraction of sp³-hybridized carbons (Fsp3) is 0.417. The monoisotopic (exact) mass is 255 g/mol. The zero-order valence-corrected chi connectivity index (χ0v) is 11.0. The van der Waals surface area contributed by atoms with Crippen LogP contribution in [0.5, 0.6) is 0 Å². The van der Waals surface area contributed by atoms with Crippen LogP contribution < -0.4 is 5.32 Å². The van der Waals surface area contributed by atoms with Crippen molar-refractivity contribution in [2.75, 3.05) is 11.1 Å². The zero-order chi connectivity index (χ0) is 13.1. The Balaban J connectivity index is 2.80. The van der Waals surface area contributed by atoms with Gasteiger partial charge in [0, 0.05) is 11.4 Å². The normalized spacial score (nSPS) is 13.1. The molecule has 0 saturated carbocycles. The summed E-state index contributed by atoms with van der Waals surface area (Å²) in [6.07, 6.45) is 0. The highest BCUT2D eigenvalue weighted by atomic mass is 32.2. The molecule has 1 aromatic rings. The Morgan fingerprint density at radius 1 is 1.41 bits per heavy atom. The molecule has 0 radical (unpaired) electrons. The topological polar surface area (TPSA) is 63.2 Å². The van der Waals surface area contributed by atoms with Crippen molar-refractivity contribution >= 4 is 21.4 Å². The van der Waals surface area contributed by atoms with E-state index >= 15 is 0 Å². The molecule has 0 heterocycles. The predicted molar refractivity (Wildman–Crippen MR) is 68.7 cm³/mol. The molecule has 4 nitrogen and oxygen atoms in total. The maximum absolute atomic E-state index is 11.7. The van der Waals surface area contributed by atoms with E-state index in [9.17, 15) is 13.2 Å². The Kier molecular flexibility index (Phi) is 4.28.